The van der Waals surface area contributed by atoms with Crippen LogP contribution >= 0.6 is 11.8 Å². The molecule has 1 atom stereocenters. The summed E-state index contributed by atoms with van der Waals surface area (Å²) in [5.74, 6) is -0.370. The number of fused-ring (bicyclic) bond motifs is 1. The van der Waals surface area contributed by atoms with Crippen molar-refractivity contribution in [3.8, 4) is 6.07 Å². The molecule has 30 heavy (non-hydrogen) atoms. The molecule has 1 aliphatic rings. The average molecular weight is 427 g/mol. The first-order valence-electron chi connectivity index (χ1n) is 8.94. The van der Waals surface area contributed by atoms with Crippen molar-refractivity contribution in [3.05, 3.63) is 59.4 Å². The molecule has 1 saturated heterocycles. The van der Waals surface area contributed by atoms with Crippen molar-refractivity contribution < 1.29 is 18.4 Å². The van der Waals surface area contributed by atoms with E-state index in [0.29, 0.717) is 33.9 Å². The fourth-order valence-corrected chi connectivity index (χ4v) is 4.30. The number of nitrogens with one attached hydrogen (secondary N) is 2. The molecular formula is C20H15F2N5O2S. The minimum Gasteiger partial charge on any atom is -0.337 e. The van der Waals surface area contributed by atoms with Crippen LogP contribution in [0.15, 0.2) is 42.5 Å². The molecule has 0 bridgehead atoms. The Balaban J connectivity index is 1.52. The van der Waals surface area contributed by atoms with Gasteiger partial charge in [-0.2, -0.15) is 5.26 Å². The maximum atomic E-state index is 13.0. The summed E-state index contributed by atoms with van der Waals surface area (Å²) >= 11 is 1.45. The van der Waals surface area contributed by atoms with Crippen LogP contribution in [0.1, 0.15) is 28.2 Å². The van der Waals surface area contributed by atoms with Crippen molar-refractivity contribution in [2.45, 2.75) is 12.5 Å². The van der Waals surface area contributed by atoms with Crippen molar-refractivity contribution in [2.75, 3.05) is 16.9 Å². The summed E-state index contributed by atoms with van der Waals surface area (Å²) in [5.41, 5.74) is 1.96. The summed E-state index contributed by atoms with van der Waals surface area (Å²) in [5, 5.41) is 11.6. The number of imidazole rings is 1. The Morgan fingerprint density at radius 3 is 2.73 bits per heavy atom. The molecule has 1 aliphatic heterocycles. The Labute approximate surface area is 174 Å². The van der Waals surface area contributed by atoms with Crippen LogP contribution < -0.4 is 5.32 Å². The van der Waals surface area contributed by atoms with Crippen LogP contribution in [-0.4, -0.2) is 44.4 Å². The van der Waals surface area contributed by atoms with Gasteiger partial charge in [0, 0.05) is 17.0 Å². The Bertz CT molecular complexity index is 1160. The molecule has 0 aliphatic carbocycles. The number of halogens is 2. The minimum absolute atomic E-state index is 0.283. The number of rotatable bonds is 4. The summed E-state index contributed by atoms with van der Waals surface area (Å²) in [4.78, 5) is 33.5. The smallest absolute Gasteiger partial charge is 0.295 e. The van der Waals surface area contributed by atoms with Gasteiger partial charge in [-0.3, -0.25) is 9.59 Å². The number of benzene rings is 2. The number of aromatic nitrogens is 2. The number of nitriles is 1. The first-order chi connectivity index (χ1) is 14.5. The van der Waals surface area contributed by atoms with Crippen molar-refractivity contribution in [1.82, 2.24) is 14.9 Å². The van der Waals surface area contributed by atoms with E-state index in [-0.39, 0.29) is 17.4 Å². The molecule has 0 spiro atoms. The van der Waals surface area contributed by atoms with Crippen LogP contribution in [0.4, 0.5) is 14.5 Å². The van der Waals surface area contributed by atoms with Gasteiger partial charge >= 0.3 is 0 Å². The van der Waals surface area contributed by atoms with Gasteiger partial charge in [0.25, 0.3) is 12.3 Å². The number of aromatic amines is 1. The highest BCUT2D eigenvalue weighted by Crippen LogP contribution is 2.26. The Morgan fingerprint density at radius 1 is 1.27 bits per heavy atom. The van der Waals surface area contributed by atoms with E-state index in [1.54, 1.807) is 24.3 Å². The van der Waals surface area contributed by atoms with Gasteiger partial charge in [0.15, 0.2) is 5.82 Å². The molecule has 2 amide bonds. The molecule has 4 rings (SSSR count). The van der Waals surface area contributed by atoms with Gasteiger partial charge in [-0.05, 0) is 42.5 Å². The topological polar surface area (TPSA) is 102 Å². The molecule has 1 unspecified atom stereocenters. The summed E-state index contributed by atoms with van der Waals surface area (Å²) in [6.45, 7) is 0. The third-order valence-electron chi connectivity index (χ3n) is 4.68. The zero-order chi connectivity index (χ0) is 21.3. The van der Waals surface area contributed by atoms with Gasteiger partial charge in [-0.1, -0.05) is 0 Å². The second kappa shape index (κ2) is 8.12. The molecule has 0 saturated carbocycles. The number of amides is 2. The number of anilines is 1. The van der Waals surface area contributed by atoms with Crippen LogP contribution in [0.3, 0.4) is 0 Å². The van der Waals surface area contributed by atoms with E-state index in [0.717, 1.165) is 0 Å². The quantitative estimate of drug-likeness (QED) is 0.663. The maximum absolute atomic E-state index is 13.0. The SMILES string of the molecule is N#Cc1ccc(NC(=O)C2CSCN2C(=O)c2ccc3nc(C(F)F)[nH]c3c2)cc1. The van der Waals surface area contributed by atoms with E-state index in [4.69, 9.17) is 5.26 Å². The predicted octanol–water partition coefficient (Wildman–Crippen LogP) is 3.53. The van der Waals surface area contributed by atoms with Crippen LogP contribution in [0.5, 0.6) is 0 Å². The molecule has 7 nitrogen and oxygen atoms in total. The lowest BCUT2D eigenvalue weighted by molar-refractivity contribution is -0.119. The van der Waals surface area contributed by atoms with Crippen molar-refractivity contribution in [3.63, 3.8) is 0 Å². The summed E-state index contributed by atoms with van der Waals surface area (Å²) < 4.78 is 25.7. The zero-order valence-electron chi connectivity index (χ0n) is 15.4. The normalized spacial score (nSPS) is 16.1. The summed E-state index contributed by atoms with van der Waals surface area (Å²) in [7, 11) is 0. The van der Waals surface area contributed by atoms with Gasteiger partial charge in [-0.25, -0.2) is 13.8 Å². The third kappa shape index (κ3) is 3.84. The van der Waals surface area contributed by atoms with Gasteiger partial charge in [0.2, 0.25) is 5.91 Å². The van der Waals surface area contributed by atoms with Crippen LogP contribution in [0.25, 0.3) is 11.0 Å². The van der Waals surface area contributed by atoms with Crippen molar-refractivity contribution in [2.24, 2.45) is 0 Å². The first-order valence-corrected chi connectivity index (χ1v) is 10.1. The number of thioether (sulfide) groups is 1. The third-order valence-corrected chi connectivity index (χ3v) is 5.69. The van der Waals surface area contributed by atoms with Crippen LogP contribution in [0.2, 0.25) is 0 Å². The molecular weight excluding hydrogens is 412 g/mol. The van der Waals surface area contributed by atoms with Gasteiger partial charge < -0.3 is 15.2 Å². The van der Waals surface area contributed by atoms with E-state index in [1.807, 2.05) is 6.07 Å². The number of carbonyl (C=O) groups is 2. The molecule has 3 aromatic rings. The molecule has 0 radical (unpaired) electrons. The number of alkyl halides is 2. The van der Waals surface area contributed by atoms with Crippen molar-refractivity contribution >= 4 is 40.3 Å². The maximum Gasteiger partial charge on any atom is 0.295 e. The highest BCUT2D eigenvalue weighted by molar-refractivity contribution is 7.99. The molecule has 152 valence electrons. The first kappa shape index (κ1) is 19.8. The average Bonchev–Trinajstić information content (AvgIpc) is 3.40. The molecule has 1 fully saturated rings. The Kier molecular flexibility index (Phi) is 5.37. The zero-order valence-corrected chi connectivity index (χ0v) is 16.2. The second-order valence-electron chi connectivity index (χ2n) is 6.62. The van der Waals surface area contributed by atoms with Crippen molar-refractivity contribution in [1.29, 1.82) is 5.26 Å². The highest BCUT2D eigenvalue weighted by atomic mass is 32.2. The lowest BCUT2D eigenvalue weighted by Crippen LogP contribution is -2.44. The lowest BCUT2D eigenvalue weighted by Gasteiger charge is -2.23. The van der Waals surface area contributed by atoms with E-state index in [9.17, 15) is 18.4 Å². The van der Waals surface area contributed by atoms with Gasteiger partial charge in [0.1, 0.15) is 6.04 Å². The lowest BCUT2D eigenvalue weighted by atomic mass is 10.1. The molecule has 1 aromatic heterocycles. The van der Waals surface area contributed by atoms with Gasteiger partial charge in [0.05, 0.1) is 28.5 Å². The number of hydrogen-bond acceptors (Lipinski definition) is 5. The molecule has 2 aromatic carbocycles. The van der Waals surface area contributed by atoms with Crippen LogP contribution in [-0.2, 0) is 4.79 Å². The minimum atomic E-state index is -2.73. The number of H-pyrrole nitrogens is 1. The largest absolute Gasteiger partial charge is 0.337 e. The molecule has 2 N–H and O–H groups in total. The van der Waals surface area contributed by atoms with E-state index < -0.39 is 18.3 Å². The van der Waals surface area contributed by atoms with E-state index in [2.05, 4.69) is 15.3 Å². The van der Waals surface area contributed by atoms with Gasteiger partial charge in [-0.15, -0.1) is 11.8 Å². The fraction of sp³-hybridized carbons (Fsp3) is 0.200. The fourth-order valence-electron chi connectivity index (χ4n) is 3.15. The molecule has 10 heteroatoms. The van der Waals surface area contributed by atoms with Crippen LogP contribution in [0, 0.1) is 11.3 Å². The number of nitrogens with zero attached hydrogens (tertiary/aromatic N) is 3. The van der Waals surface area contributed by atoms with E-state index in [1.165, 1.54) is 34.9 Å². The number of hydrogen-bond donors (Lipinski definition) is 2. The number of carbonyl (C=O) groups excluding carboxylic acids is 2. The summed E-state index contributed by atoms with van der Waals surface area (Å²) in [6, 6.07) is 12.2. The summed E-state index contributed by atoms with van der Waals surface area (Å²) in [6.07, 6.45) is -2.73. The monoisotopic (exact) mass is 427 g/mol. The standard InChI is InChI=1S/C20H15F2N5O2S/c21-17(22)18-25-14-6-3-12(7-15(14)26-18)20(29)27-10-30-9-16(27)19(28)24-13-4-1-11(8-23)2-5-13/h1-7,16-17H,9-10H2,(H,24,28)(H,25,26). The Morgan fingerprint density at radius 2 is 2.03 bits per heavy atom. The Hall–Kier alpha value is -3.45. The molecule has 2 heterocycles. The predicted molar refractivity (Wildman–Crippen MR) is 108 cm³/mol. The second-order valence-corrected chi connectivity index (χ2v) is 7.62. The highest BCUT2D eigenvalue weighted by Gasteiger charge is 2.35. The van der Waals surface area contributed by atoms with E-state index >= 15 is 0 Å².